The van der Waals surface area contributed by atoms with E-state index >= 15 is 0 Å². The van der Waals surface area contributed by atoms with Gasteiger partial charge in [-0.15, -0.1) is 0 Å². The SMILES string of the molecule is COc1cccc(OC)c1C(=O)P(=O)(CC(C)C)C1CCCC1. The quantitative estimate of drug-likeness (QED) is 0.670. The number of ether oxygens (including phenoxy) is 2. The summed E-state index contributed by atoms with van der Waals surface area (Å²) in [6, 6.07) is 5.23. The van der Waals surface area contributed by atoms with Crippen LogP contribution in [0, 0.1) is 5.92 Å². The van der Waals surface area contributed by atoms with Gasteiger partial charge in [-0.2, -0.15) is 0 Å². The second-order valence-corrected chi connectivity index (χ2v) is 9.75. The first-order valence-electron chi connectivity index (χ1n) is 8.28. The Hall–Kier alpha value is -1.28. The molecular weight excluding hydrogens is 311 g/mol. The van der Waals surface area contributed by atoms with Crippen LogP contribution in [0.5, 0.6) is 11.5 Å². The zero-order valence-electron chi connectivity index (χ0n) is 14.5. The summed E-state index contributed by atoms with van der Waals surface area (Å²) in [4.78, 5) is 13.3. The van der Waals surface area contributed by atoms with Crippen molar-refractivity contribution in [3.05, 3.63) is 23.8 Å². The van der Waals surface area contributed by atoms with Gasteiger partial charge in [-0.05, 0) is 30.9 Å². The molecule has 0 amide bonds. The molecule has 0 bridgehead atoms. The Morgan fingerprint density at radius 2 is 1.70 bits per heavy atom. The number of hydrogen-bond donors (Lipinski definition) is 0. The first-order valence-corrected chi connectivity index (χ1v) is 10.2. The van der Waals surface area contributed by atoms with Crippen molar-refractivity contribution < 1.29 is 18.8 Å². The lowest BCUT2D eigenvalue weighted by molar-refractivity contribution is 0.106. The molecule has 0 aromatic heterocycles. The highest BCUT2D eigenvalue weighted by Crippen LogP contribution is 2.61. The van der Waals surface area contributed by atoms with Gasteiger partial charge in [0.05, 0.1) is 14.2 Å². The van der Waals surface area contributed by atoms with Crippen molar-refractivity contribution in [2.24, 2.45) is 5.92 Å². The van der Waals surface area contributed by atoms with Crippen molar-refractivity contribution in [3.63, 3.8) is 0 Å². The second-order valence-electron chi connectivity index (χ2n) is 6.65. The number of hydrogen-bond acceptors (Lipinski definition) is 4. The lowest BCUT2D eigenvalue weighted by Crippen LogP contribution is -2.19. The topological polar surface area (TPSA) is 52.6 Å². The molecule has 2 rings (SSSR count). The van der Waals surface area contributed by atoms with Gasteiger partial charge in [0, 0.05) is 11.8 Å². The van der Waals surface area contributed by atoms with E-state index in [-0.39, 0.29) is 17.1 Å². The van der Waals surface area contributed by atoms with Crippen LogP contribution in [0.25, 0.3) is 0 Å². The predicted molar refractivity (Wildman–Crippen MR) is 93.4 cm³/mol. The first kappa shape index (κ1) is 18.1. The highest BCUT2D eigenvalue weighted by Gasteiger charge is 2.44. The van der Waals surface area contributed by atoms with E-state index in [2.05, 4.69) is 0 Å². The van der Waals surface area contributed by atoms with Crippen LogP contribution in [-0.4, -0.2) is 31.6 Å². The highest BCUT2D eigenvalue weighted by atomic mass is 31.2. The summed E-state index contributed by atoms with van der Waals surface area (Å²) in [5.74, 6) is 1.10. The van der Waals surface area contributed by atoms with Gasteiger partial charge in [-0.3, -0.25) is 4.79 Å². The van der Waals surface area contributed by atoms with Crippen molar-refractivity contribution in [2.75, 3.05) is 20.4 Å². The molecule has 128 valence electrons. The molecule has 1 saturated carbocycles. The zero-order valence-corrected chi connectivity index (χ0v) is 15.4. The van der Waals surface area contributed by atoms with Crippen LogP contribution < -0.4 is 9.47 Å². The molecule has 0 heterocycles. The third-order valence-corrected chi connectivity index (χ3v) is 8.42. The van der Waals surface area contributed by atoms with Crippen molar-refractivity contribution in [2.45, 2.75) is 45.2 Å². The third kappa shape index (κ3) is 3.63. The summed E-state index contributed by atoms with van der Waals surface area (Å²) < 4.78 is 24.5. The van der Waals surface area contributed by atoms with Crippen molar-refractivity contribution in [1.29, 1.82) is 0 Å². The summed E-state index contributed by atoms with van der Waals surface area (Å²) in [6.45, 7) is 4.04. The van der Waals surface area contributed by atoms with Gasteiger partial charge >= 0.3 is 0 Å². The van der Waals surface area contributed by atoms with E-state index in [1.807, 2.05) is 13.8 Å². The normalized spacial score (nSPS) is 18.0. The van der Waals surface area contributed by atoms with E-state index in [1.165, 1.54) is 14.2 Å². The molecule has 0 saturated heterocycles. The molecule has 0 N–H and O–H groups in total. The Bertz CT molecular complexity index is 581. The monoisotopic (exact) mass is 338 g/mol. The molecule has 1 aliphatic rings. The fourth-order valence-electron chi connectivity index (χ4n) is 3.51. The Morgan fingerprint density at radius 1 is 1.17 bits per heavy atom. The molecule has 1 atom stereocenters. The molecule has 4 nitrogen and oxygen atoms in total. The van der Waals surface area contributed by atoms with E-state index in [4.69, 9.17) is 9.47 Å². The molecular formula is C18H27O4P. The highest BCUT2D eigenvalue weighted by molar-refractivity contribution is 7.81. The number of methoxy groups -OCH3 is 2. The summed E-state index contributed by atoms with van der Waals surface area (Å²) in [5.41, 5.74) is 0.0767. The van der Waals surface area contributed by atoms with Crippen LogP contribution in [0.4, 0.5) is 0 Å². The molecule has 1 aliphatic carbocycles. The number of carbonyl (C=O) groups excluding carboxylic acids is 1. The van der Waals surface area contributed by atoms with Gasteiger partial charge in [0.15, 0.2) is 7.14 Å². The van der Waals surface area contributed by atoms with Gasteiger partial charge in [-0.1, -0.05) is 32.8 Å². The number of benzene rings is 1. The minimum atomic E-state index is -3.02. The van der Waals surface area contributed by atoms with Gasteiger partial charge in [-0.25, -0.2) is 0 Å². The van der Waals surface area contributed by atoms with Crippen molar-refractivity contribution in [3.8, 4) is 11.5 Å². The fourth-order valence-corrected chi connectivity index (χ4v) is 7.19. The van der Waals surface area contributed by atoms with Crippen LogP contribution in [0.3, 0.4) is 0 Å². The molecule has 1 unspecified atom stereocenters. The maximum Gasteiger partial charge on any atom is 0.229 e. The smallest absolute Gasteiger partial charge is 0.229 e. The van der Waals surface area contributed by atoms with E-state index in [9.17, 15) is 9.36 Å². The van der Waals surface area contributed by atoms with Gasteiger partial charge in [0.1, 0.15) is 17.1 Å². The van der Waals surface area contributed by atoms with Gasteiger partial charge < -0.3 is 14.0 Å². The van der Waals surface area contributed by atoms with Crippen LogP contribution in [0.2, 0.25) is 0 Å². The summed E-state index contributed by atoms with van der Waals surface area (Å²) >= 11 is 0. The minimum Gasteiger partial charge on any atom is -0.496 e. The average Bonchev–Trinajstić information content (AvgIpc) is 3.07. The summed E-state index contributed by atoms with van der Waals surface area (Å²) in [7, 11) is 0.0294. The molecule has 5 heteroatoms. The van der Waals surface area contributed by atoms with Crippen molar-refractivity contribution >= 4 is 12.7 Å². The average molecular weight is 338 g/mol. The lowest BCUT2D eigenvalue weighted by atomic mass is 10.2. The lowest BCUT2D eigenvalue weighted by Gasteiger charge is -2.26. The molecule has 1 aromatic carbocycles. The number of rotatable bonds is 7. The molecule has 1 aromatic rings. The number of carbonyl (C=O) groups is 1. The Labute approximate surface area is 138 Å². The van der Waals surface area contributed by atoms with E-state index in [1.54, 1.807) is 18.2 Å². The predicted octanol–water partition coefficient (Wildman–Crippen LogP) is 4.81. The van der Waals surface area contributed by atoms with Gasteiger partial charge in [0.2, 0.25) is 5.52 Å². The summed E-state index contributed by atoms with van der Waals surface area (Å²) in [6.07, 6.45) is 4.34. The van der Waals surface area contributed by atoms with Crippen LogP contribution in [-0.2, 0) is 4.57 Å². The second kappa shape index (κ2) is 7.53. The Morgan fingerprint density at radius 3 is 2.13 bits per heavy atom. The first-order chi connectivity index (χ1) is 10.9. The van der Waals surface area contributed by atoms with Crippen LogP contribution >= 0.6 is 7.14 Å². The van der Waals surface area contributed by atoms with E-state index in [0.717, 1.165) is 25.7 Å². The molecule has 0 spiro atoms. The van der Waals surface area contributed by atoms with E-state index in [0.29, 0.717) is 23.2 Å². The molecule has 1 fully saturated rings. The maximum absolute atomic E-state index is 13.8. The largest absolute Gasteiger partial charge is 0.496 e. The molecule has 0 radical (unpaired) electrons. The molecule has 23 heavy (non-hydrogen) atoms. The van der Waals surface area contributed by atoms with Crippen LogP contribution in [0.15, 0.2) is 18.2 Å². The maximum atomic E-state index is 13.8. The standard InChI is InChI=1S/C18H27O4P/c1-13(2)12-23(20,14-8-5-6-9-14)18(19)17-15(21-3)10-7-11-16(17)22-4/h7,10-11,13-14H,5-6,8-9,12H2,1-4H3. The zero-order chi connectivity index (χ0) is 17.0. The summed E-state index contributed by atoms with van der Waals surface area (Å²) in [5, 5.41) is 0. The minimum absolute atomic E-state index is 0.00650. The third-order valence-electron chi connectivity index (χ3n) is 4.54. The Kier molecular flexibility index (Phi) is 5.91. The van der Waals surface area contributed by atoms with Crippen molar-refractivity contribution in [1.82, 2.24) is 0 Å². The molecule has 0 aliphatic heterocycles. The van der Waals surface area contributed by atoms with Gasteiger partial charge in [0.25, 0.3) is 0 Å². The fraction of sp³-hybridized carbons (Fsp3) is 0.611. The Balaban J connectivity index is 2.51. The van der Waals surface area contributed by atoms with E-state index < -0.39 is 7.14 Å². The van der Waals surface area contributed by atoms with Crippen LogP contribution in [0.1, 0.15) is 49.9 Å².